The topological polar surface area (TPSA) is 62.5 Å². The second-order valence-corrected chi connectivity index (χ2v) is 5.66. The quantitative estimate of drug-likeness (QED) is 0.905. The molecule has 0 aliphatic heterocycles. The van der Waals surface area contributed by atoms with E-state index < -0.39 is 5.92 Å². The predicted molar refractivity (Wildman–Crippen MR) is 94.3 cm³/mol. The second kappa shape index (κ2) is 7.15. The van der Waals surface area contributed by atoms with Gasteiger partial charge in [-0.3, -0.25) is 4.79 Å². The first-order valence-electron chi connectivity index (χ1n) is 7.80. The predicted octanol–water partition coefficient (Wildman–Crippen LogP) is 3.58. The molecule has 122 valence electrons. The van der Waals surface area contributed by atoms with Crippen molar-refractivity contribution in [3.8, 4) is 0 Å². The molecule has 1 aromatic heterocycles. The lowest BCUT2D eigenvalue weighted by molar-refractivity contribution is -0.122. The Morgan fingerprint density at radius 3 is 2.83 bits per heavy atom. The van der Waals surface area contributed by atoms with Gasteiger partial charge in [-0.05, 0) is 25.1 Å². The Morgan fingerprint density at radius 2 is 2.00 bits per heavy atom. The van der Waals surface area contributed by atoms with E-state index in [1.165, 1.54) is 0 Å². The molecular weight excluding hydrogens is 302 g/mol. The van der Waals surface area contributed by atoms with E-state index in [1.807, 2.05) is 67.6 Å². The number of aliphatic hydroxyl groups is 1. The van der Waals surface area contributed by atoms with Crippen LogP contribution in [-0.4, -0.2) is 17.6 Å². The van der Waals surface area contributed by atoms with Crippen molar-refractivity contribution >= 4 is 16.9 Å². The smallest absolute Gasteiger partial charge is 0.234 e. The molecule has 0 saturated heterocycles. The van der Waals surface area contributed by atoms with Gasteiger partial charge in [-0.25, -0.2) is 0 Å². The van der Waals surface area contributed by atoms with Crippen LogP contribution in [0.1, 0.15) is 18.4 Å². The highest BCUT2D eigenvalue weighted by Gasteiger charge is 2.24. The number of allylic oxidation sites excluding steroid dienone is 7. The Hall–Kier alpha value is -2.85. The van der Waals surface area contributed by atoms with Gasteiger partial charge in [-0.1, -0.05) is 48.1 Å². The fourth-order valence-corrected chi connectivity index (χ4v) is 2.60. The van der Waals surface area contributed by atoms with Crippen LogP contribution in [0.15, 0.2) is 82.7 Å². The van der Waals surface area contributed by atoms with Crippen molar-refractivity contribution in [2.75, 3.05) is 6.61 Å². The largest absolute Gasteiger partial charge is 0.464 e. The molecule has 1 aliphatic rings. The van der Waals surface area contributed by atoms with Crippen molar-refractivity contribution in [1.29, 1.82) is 0 Å². The molecule has 1 aliphatic carbocycles. The summed E-state index contributed by atoms with van der Waals surface area (Å²) in [6, 6.07) is 7.48. The number of para-hydroxylation sites is 1. The highest BCUT2D eigenvalue weighted by atomic mass is 16.3. The third-order valence-electron chi connectivity index (χ3n) is 3.92. The summed E-state index contributed by atoms with van der Waals surface area (Å²) in [6.45, 7) is 1.70. The molecule has 4 heteroatoms. The Labute approximate surface area is 140 Å². The van der Waals surface area contributed by atoms with Crippen LogP contribution in [0.2, 0.25) is 0 Å². The highest BCUT2D eigenvalue weighted by Crippen LogP contribution is 2.28. The Kier molecular flexibility index (Phi) is 4.77. The number of amides is 1. The Morgan fingerprint density at radius 1 is 1.21 bits per heavy atom. The molecular formula is C20H19NO3. The molecule has 2 aromatic rings. The molecule has 1 heterocycles. The van der Waals surface area contributed by atoms with Crippen molar-refractivity contribution in [3.63, 3.8) is 0 Å². The van der Waals surface area contributed by atoms with Gasteiger partial charge in [0, 0.05) is 16.6 Å². The number of hydrogen-bond donors (Lipinski definition) is 2. The molecule has 0 fully saturated rings. The Balaban J connectivity index is 1.84. The molecule has 0 radical (unpaired) electrons. The number of carbonyl (C=O) groups is 1. The van der Waals surface area contributed by atoms with E-state index in [0.29, 0.717) is 16.8 Å². The standard InChI is InChI=1S/C20H19NO3/c1-14-6-2-3-7-15(11-10-14)21-20(23)17(12-22)18-13-24-19-9-5-4-8-16(18)19/h2-11,13,17,22H,12H2,1H3,(H,21,23)/b3-2-,6-2?,7-3?,11-10-,14-6-,14-10?,15-7+,15-11?. The molecule has 1 amide bonds. The van der Waals surface area contributed by atoms with Gasteiger partial charge < -0.3 is 14.8 Å². The number of hydrogen-bond acceptors (Lipinski definition) is 3. The van der Waals surface area contributed by atoms with E-state index in [4.69, 9.17) is 4.42 Å². The molecule has 1 atom stereocenters. The summed E-state index contributed by atoms with van der Waals surface area (Å²) < 4.78 is 5.48. The average Bonchev–Trinajstić information content (AvgIpc) is 2.99. The number of aliphatic hydroxyl groups excluding tert-OH is 1. The first-order valence-corrected chi connectivity index (χ1v) is 7.80. The van der Waals surface area contributed by atoms with Crippen molar-refractivity contribution in [3.05, 3.63) is 83.8 Å². The number of benzene rings is 1. The molecule has 0 saturated carbocycles. The lowest BCUT2D eigenvalue weighted by Crippen LogP contribution is -2.30. The second-order valence-electron chi connectivity index (χ2n) is 5.66. The highest BCUT2D eigenvalue weighted by molar-refractivity contribution is 5.92. The maximum atomic E-state index is 12.6. The van der Waals surface area contributed by atoms with Crippen molar-refractivity contribution < 1.29 is 14.3 Å². The SMILES string of the molecule is CC1=C/C=C\C=C(NC(=O)C(CO)c2coc3ccccc23)/C=C\1. The van der Waals surface area contributed by atoms with Gasteiger partial charge in [0.25, 0.3) is 0 Å². The van der Waals surface area contributed by atoms with Gasteiger partial charge in [0.05, 0.1) is 18.8 Å². The summed E-state index contributed by atoms with van der Waals surface area (Å²) in [5.41, 5.74) is 3.15. The molecule has 0 bridgehead atoms. The Bertz CT molecular complexity index is 868. The van der Waals surface area contributed by atoms with Crippen LogP contribution >= 0.6 is 0 Å². The number of nitrogens with one attached hydrogen (secondary N) is 1. The molecule has 1 aromatic carbocycles. The van der Waals surface area contributed by atoms with E-state index >= 15 is 0 Å². The third-order valence-corrected chi connectivity index (χ3v) is 3.92. The van der Waals surface area contributed by atoms with Crippen molar-refractivity contribution in [2.24, 2.45) is 0 Å². The van der Waals surface area contributed by atoms with Crippen LogP contribution in [0.4, 0.5) is 0 Å². The minimum absolute atomic E-state index is 0.268. The maximum Gasteiger partial charge on any atom is 0.234 e. The van der Waals surface area contributed by atoms with Gasteiger partial charge in [0.2, 0.25) is 5.91 Å². The molecule has 24 heavy (non-hydrogen) atoms. The first-order chi connectivity index (χ1) is 11.7. The van der Waals surface area contributed by atoms with E-state index in [2.05, 4.69) is 5.32 Å². The molecule has 4 nitrogen and oxygen atoms in total. The molecule has 0 spiro atoms. The monoisotopic (exact) mass is 321 g/mol. The van der Waals surface area contributed by atoms with Crippen LogP contribution in [0.5, 0.6) is 0 Å². The van der Waals surface area contributed by atoms with Gasteiger partial charge >= 0.3 is 0 Å². The fourth-order valence-electron chi connectivity index (χ4n) is 2.60. The van der Waals surface area contributed by atoms with Crippen LogP contribution in [0, 0.1) is 0 Å². The lowest BCUT2D eigenvalue weighted by atomic mass is 9.98. The zero-order valence-corrected chi connectivity index (χ0v) is 13.4. The van der Waals surface area contributed by atoms with Crippen molar-refractivity contribution in [2.45, 2.75) is 12.8 Å². The first kappa shape index (κ1) is 16.0. The molecule has 2 N–H and O–H groups in total. The maximum absolute atomic E-state index is 12.6. The number of rotatable bonds is 4. The van der Waals surface area contributed by atoms with Gasteiger partial charge in [-0.2, -0.15) is 0 Å². The minimum Gasteiger partial charge on any atom is -0.464 e. The van der Waals surface area contributed by atoms with Gasteiger partial charge in [0.15, 0.2) is 0 Å². The third kappa shape index (κ3) is 3.39. The number of carbonyl (C=O) groups excluding carboxylic acids is 1. The summed E-state index contributed by atoms with van der Waals surface area (Å²) in [5, 5.41) is 13.4. The minimum atomic E-state index is -0.686. The summed E-state index contributed by atoms with van der Waals surface area (Å²) in [4.78, 5) is 12.6. The summed E-state index contributed by atoms with van der Waals surface area (Å²) in [7, 11) is 0. The van der Waals surface area contributed by atoms with Gasteiger partial charge in [0.1, 0.15) is 5.58 Å². The number of furan rings is 1. The summed E-state index contributed by atoms with van der Waals surface area (Å²) in [5.74, 6) is -0.954. The van der Waals surface area contributed by atoms with Crippen LogP contribution in [-0.2, 0) is 4.79 Å². The summed E-state index contributed by atoms with van der Waals surface area (Å²) in [6.07, 6.45) is 12.9. The van der Waals surface area contributed by atoms with Gasteiger partial charge in [-0.15, -0.1) is 0 Å². The van der Waals surface area contributed by atoms with E-state index in [0.717, 1.165) is 11.0 Å². The van der Waals surface area contributed by atoms with Crippen LogP contribution in [0.25, 0.3) is 11.0 Å². The van der Waals surface area contributed by atoms with E-state index in [1.54, 1.807) is 6.26 Å². The molecule has 3 rings (SSSR count). The molecule has 1 unspecified atom stereocenters. The van der Waals surface area contributed by atoms with Crippen LogP contribution < -0.4 is 5.32 Å². The van der Waals surface area contributed by atoms with Crippen LogP contribution in [0.3, 0.4) is 0 Å². The number of fused-ring (bicyclic) bond motifs is 1. The summed E-state index contributed by atoms with van der Waals surface area (Å²) >= 11 is 0. The average molecular weight is 321 g/mol. The zero-order chi connectivity index (χ0) is 16.9. The normalized spacial score (nSPS) is 22.4. The van der Waals surface area contributed by atoms with E-state index in [-0.39, 0.29) is 12.5 Å². The van der Waals surface area contributed by atoms with E-state index in [9.17, 15) is 9.90 Å². The zero-order valence-electron chi connectivity index (χ0n) is 13.4. The lowest BCUT2D eigenvalue weighted by Gasteiger charge is -2.14. The van der Waals surface area contributed by atoms with Crippen molar-refractivity contribution in [1.82, 2.24) is 5.32 Å². The fraction of sp³-hybridized carbons (Fsp3) is 0.150.